The zero-order valence-corrected chi connectivity index (χ0v) is 13.2. The first kappa shape index (κ1) is 14.5. The second-order valence-electron chi connectivity index (χ2n) is 7.20. The van der Waals surface area contributed by atoms with E-state index in [1.807, 2.05) is 12.1 Å². The lowest BCUT2D eigenvalue weighted by Gasteiger charge is -2.64. The first-order valence-electron chi connectivity index (χ1n) is 8.34. The molecular formula is C18H24O4. The van der Waals surface area contributed by atoms with Gasteiger partial charge in [0, 0.05) is 12.7 Å². The third-order valence-corrected chi connectivity index (χ3v) is 6.13. The first-order valence-corrected chi connectivity index (χ1v) is 8.34. The molecule has 4 nitrogen and oxygen atoms in total. The summed E-state index contributed by atoms with van der Waals surface area (Å²) in [5.74, 6) is 0.948. The van der Waals surface area contributed by atoms with Crippen LogP contribution >= 0.6 is 0 Å². The van der Waals surface area contributed by atoms with E-state index in [-0.39, 0.29) is 5.75 Å². The van der Waals surface area contributed by atoms with E-state index >= 15 is 0 Å². The Bertz CT molecular complexity index is 568. The van der Waals surface area contributed by atoms with Crippen LogP contribution in [0.25, 0.3) is 0 Å². The van der Waals surface area contributed by atoms with Gasteiger partial charge in [-0.3, -0.25) is 0 Å². The lowest BCUT2D eigenvalue weighted by molar-refractivity contribution is -0.640. The van der Waals surface area contributed by atoms with E-state index in [9.17, 15) is 5.11 Å². The molecule has 2 aliphatic carbocycles. The van der Waals surface area contributed by atoms with E-state index in [1.54, 1.807) is 19.2 Å². The van der Waals surface area contributed by atoms with E-state index in [0.29, 0.717) is 11.8 Å². The molecule has 2 bridgehead atoms. The number of benzene rings is 1. The van der Waals surface area contributed by atoms with Gasteiger partial charge in [0.05, 0.1) is 0 Å². The zero-order valence-electron chi connectivity index (χ0n) is 13.2. The molecule has 4 heteroatoms. The van der Waals surface area contributed by atoms with Gasteiger partial charge in [-0.05, 0) is 49.1 Å². The Kier molecular flexibility index (Phi) is 3.26. The van der Waals surface area contributed by atoms with Crippen molar-refractivity contribution < 1.29 is 19.6 Å². The van der Waals surface area contributed by atoms with Crippen LogP contribution in [0.1, 0.15) is 44.6 Å². The van der Waals surface area contributed by atoms with Crippen molar-refractivity contribution in [3.8, 4) is 5.75 Å². The van der Waals surface area contributed by atoms with Gasteiger partial charge in [-0.1, -0.05) is 31.9 Å². The van der Waals surface area contributed by atoms with Gasteiger partial charge in [-0.25, -0.2) is 4.89 Å². The molecule has 1 N–H and O–H groups in total. The third kappa shape index (κ3) is 1.69. The Hall–Kier alpha value is -1.10. The minimum Gasteiger partial charge on any atom is -0.508 e. The minimum absolute atomic E-state index is 0.226. The van der Waals surface area contributed by atoms with Crippen LogP contribution in [0.4, 0.5) is 0 Å². The Labute approximate surface area is 131 Å². The quantitative estimate of drug-likeness (QED) is 0.846. The minimum atomic E-state index is -0.905. The van der Waals surface area contributed by atoms with E-state index in [1.165, 1.54) is 19.3 Å². The molecule has 0 amide bonds. The van der Waals surface area contributed by atoms with Gasteiger partial charge in [-0.2, -0.15) is 4.89 Å². The van der Waals surface area contributed by atoms with Crippen LogP contribution in [-0.2, 0) is 20.3 Å². The third-order valence-electron chi connectivity index (χ3n) is 6.13. The molecule has 4 rings (SSSR count). The Morgan fingerprint density at radius 1 is 1.23 bits per heavy atom. The molecule has 0 radical (unpaired) electrons. The summed E-state index contributed by atoms with van der Waals surface area (Å²) < 4.78 is 5.91. The van der Waals surface area contributed by atoms with Crippen molar-refractivity contribution in [1.29, 1.82) is 0 Å². The highest BCUT2D eigenvalue weighted by molar-refractivity contribution is 5.34. The lowest BCUT2D eigenvalue weighted by atomic mass is 9.55. The fourth-order valence-electron chi connectivity index (χ4n) is 5.22. The summed E-state index contributed by atoms with van der Waals surface area (Å²) in [6.45, 7) is 2.25. The summed E-state index contributed by atoms with van der Waals surface area (Å²) in [6, 6.07) is 7.18. The maximum atomic E-state index is 9.87. The summed E-state index contributed by atoms with van der Waals surface area (Å²) in [7, 11) is 1.68. The fraction of sp³-hybridized carbons (Fsp3) is 0.667. The van der Waals surface area contributed by atoms with Crippen LogP contribution in [0.15, 0.2) is 24.3 Å². The summed E-state index contributed by atoms with van der Waals surface area (Å²) >= 11 is 0. The molecule has 22 heavy (non-hydrogen) atoms. The Balaban J connectivity index is 1.80. The van der Waals surface area contributed by atoms with Gasteiger partial charge in [-0.15, -0.1) is 0 Å². The SMILES string of the molecule is COC1(c2cccc(O)c2)OOC12C(C)CC1CCCC2C1. The fourth-order valence-corrected chi connectivity index (χ4v) is 5.22. The molecule has 3 aliphatic rings. The van der Waals surface area contributed by atoms with E-state index in [2.05, 4.69) is 6.92 Å². The average molecular weight is 304 g/mol. The summed E-state index contributed by atoms with van der Waals surface area (Å²) in [4.78, 5) is 11.5. The molecule has 1 saturated heterocycles. The highest BCUT2D eigenvalue weighted by atomic mass is 17.3. The normalized spacial score (nSPS) is 43.8. The summed E-state index contributed by atoms with van der Waals surface area (Å²) in [5, 5.41) is 9.87. The highest BCUT2D eigenvalue weighted by Gasteiger charge is 2.73. The molecule has 3 fully saturated rings. The number of hydrogen-bond donors (Lipinski definition) is 1. The van der Waals surface area contributed by atoms with Gasteiger partial charge in [0.15, 0.2) is 5.60 Å². The van der Waals surface area contributed by atoms with Crippen LogP contribution in [-0.4, -0.2) is 17.8 Å². The topological polar surface area (TPSA) is 47.9 Å². The van der Waals surface area contributed by atoms with Crippen molar-refractivity contribution >= 4 is 0 Å². The van der Waals surface area contributed by atoms with Crippen molar-refractivity contribution in [1.82, 2.24) is 0 Å². The predicted octanol–water partition coefficient (Wildman–Crippen LogP) is 3.74. The summed E-state index contributed by atoms with van der Waals surface area (Å²) in [6.07, 6.45) is 6.10. The number of phenols is 1. The average Bonchev–Trinajstić information content (AvgIpc) is 2.47. The van der Waals surface area contributed by atoms with Crippen LogP contribution in [0, 0.1) is 17.8 Å². The molecule has 1 spiro atoms. The highest BCUT2D eigenvalue weighted by Crippen LogP contribution is 2.64. The van der Waals surface area contributed by atoms with Crippen molar-refractivity contribution in [3.63, 3.8) is 0 Å². The number of aromatic hydroxyl groups is 1. The van der Waals surface area contributed by atoms with Gasteiger partial charge in [0.2, 0.25) is 0 Å². The van der Waals surface area contributed by atoms with Crippen molar-refractivity contribution in [2.45, 2.75) is 50.4 Å². The Morgan fingerprint density at radius 2 is 2.09 bits per heavy atom. The van der Waals surface area contributed by atoms with E-state index in [0.717, 1.165) is 24.3 Å². The van der Waals surface area contributed by atoms with Gasteiger partial charge in [0.1, 0.15) is 5.75 Å². The zero-order chi connectivity index (χ0) is 15.4. The smallest absolute Gasteiger partial charge is 0.260 e. The number of fused-ring (bicyclic) bond motifs is 3. The molecule has 1 heterocycles. The van der Waals surface area contributed by atoms with Gasteiger partial charge < -0.3 is 9.84 Å². The molecule has 1 aromatic rings. The maximum absolute atomic E-state index is 9.87. The van der Waals surface area contributed by atoms with Crippen LogP contribution in [0.3, 0.4) is 0 Å². The van der Waals surface area contributed by atoms with Crippen molar-refractivity contribution in [3.05, 3.63) is 29.8 Å². The number of ether oxygens (including phenoxy) is 1. The first-order chi connectivity index (χ1) is 10.6. The van der Waals surface area contributed by atoms with E-state index < -0.39 is 11.4 Å². The summed E-state index contributed by atoms with van der Waals surface area (Å²) in [5.41, 5.74) is 0.407. The second-order valence-corrected chi connectivity index (χ2v) is 7.20. The van der Waals surface area contributed by atoms with E-state index in [4.69, 9.17) is 14.5 Å². The Morgan fingerprint density at radius 3 is 2.77 bits per heavy atom. The molecule has 5 atom stereocenters. The van der Waals surface area contributed by atoms with Crippen molar-refractivity contribution in [2.24, 2.45) is 17.8 Å². The largest absolute Gasteiger partial charge is 0.508 e. The van der Waals surface area contributed by atoms with Crippen LogP contribution < -0.4 is 0 Å². The van der Waals surface area contributed by atoms with Gasteiger partial charge in [0.25, 0.3) is 5.79 Å². The predicted molar refractivity (Wildman–Crippen MR) is 80.9 cm³/mol. The molecule has 2 saturated carbocycles. The van der Waals surface area contributed by atoms with Crippen LogP contribution in [0.5, 0.6) is 5.75 Å². The molecule has 120 valence electrons. The molecule has 0 aromatic heterocycles. The standard InChI is InChI=1S/C18H24O4/c1-12-9-13-5-3-6-14(10-13)17(12)18(20-2,22-21-17)15-7-4-8-16(19)11-15/h4,7-8,11-14,19H,3,5-6,9-10H2,1-2H3. The molecule has 1 aromatic carbocycles. The number of hydrogen-bond acceptors (Lipinski definition) is 4. The van der Waals surface area contributed by atoms with Gasteiger partial charge >= 0.3 is 0 Å². The van der Waals surface area contributed by atoms with Crippen molar-refractivity contribution in [2.75, 3.05) is 7.11 Å². The number of phenolic OH excluding ortho intramolecular Hbond substituents is 1. The maximum Gasteiger partial charge on any atom is 0.260 e. The molecular weight excluding hydrogens is 280 g/mol. The monoisotopic (exact) mass is 304 g/mol. The number of rotatable bonds is 2. The molecule has 1 aliphatic heterocycles. The molecule has 5 unspecified atom stereocenters. The second kappa shape index (κ2) is 4.95. The number of methoxy groups -OCH3 is 1. The lowest BCUT2D eigenvalue weighted by Crippen LogP contribution is -2.73. The van der Waals surface area contributed by atoms with Crippen LogP contribution in [0.2, 0.25) is 0 Å².